The summed E-state index contributed by atoms with van der Waals surface area (Å²) in [5.74, 6) is 5.26. The van der Waals surface area contributed by atoms with Gasteiger partial charge in [-0.1, -0.05) is 12.0 Å². The fraction of sp³-hybridized carbons (Fsp3) is 0.444. The van der Waals surface area contributed by atoms with Gasteiger partial charge < -0.3 is 15.3 Å². The zero-order valence-corrected chi connectivity index (χ0v) is 15.8. The first-order valence-electron chi connectivity index (χ1n) is 8.90. The maximum atomic E-state index is 12.9. The first-order valence-corrected chi connectivity index (χ1v) is 8.90. The topological polar surface area (TPSA) is 114 Å². The van der Waals surface area contributed by atoms with Gasteiger partial charge in [-0.15, -0.1) is 5.92 Å². The zero-order valence-electron chi connectivity index (χ0n) is 15.8. The molecule has 3 rings (SSSR count). The number of imidazole rings is 1. The second-order valence-corrected chi connectivity index (χ2v) is 6.33. The molecule has 1 aliphatic heterocycles. The molecule has 148 valence electrons. The average molecular weight is 386 g/mol. The monoisotopic (exact) mass is 386 g/mol. The highest BCUT2D eigenvalue weighted by Crippen LogP contribution is 2.20. The van der Waals surface area contributed by atoms with Gasteiger partial charge in [-0.2, -0.15) is 4.98 Å². The lowest BCUT2D eigenvalue weighted by Crippen LogP contribution is -2.44. The number of aliphatic carboxylic acids is 1. The van der Waals surface area contributed by atoms with Crippen LogP contribution >= 0.6 is 0 Å². The molecule has 2 aromatic rings. The molecule has 3 heterocycles. The molecule has 28 heavy (non-hydrogen) atoms. The lowest BCUT2D eigenvalue weighted by Gasteiger charge is -2.28. The van der Waals surface area contributed by atoms with E-state index in [0.717, 1.165) is 23.7 Å². The molecule has 0 atom stereocenters. The van der Waals surface area contributed by atoms with Crippen LogP contribution in [0.4, 0.5) is 5.95 Å². The minimum Gasteiger partial charge on any atom is -0.478 e. The maximum Gasteiger partial charge on any atom is 0.332 e. The lowest BCUT2D eigenvalue weighted by atomic mass is 10.4. The predicted molar refractivity (Wildman–Crippen MR) is 105 cm³/mol. The Morgan fingerprint density at radius 2 is 2.00 bits per heavy atom. The Bertz CT molecular complexity index is 1110. The minimum atomic E-state index is -1.11. The third-order valence-electron chi connectivity index (χ3n) is 4.57. The fourth-order valence-electron chi connectivity index (χ4n) is 3.18. The number of fused-ring (bicyclic) bond motifs is 1. The third kappa shape index (κ3) is 3.57. The summed E-state index contributed by atoms with van der Waals surface area (Å²) >= 11 is 0. The maximum absolute atomic E-state index is 12.9. The van der Waals surface area contributed by atoms with E-state index in [1.165, 1.54) is 17.7 Å². The van der Waals surface area contributed by atoms with Crippen molar-refractivity contribution in [3.63, 3.8) is 0 Å². The summed E-state index contributed by atoms with van der Waals surface area (Å²) in [6, 6.07) is 0. The number of aromatic nitrogens is 4. The van der Waals surface area contributed by atoms with Crippen LogP contribution in [0.2, 0.25) is 0 Å². The molecule has 0 aliphatic carbocycles. The van der Waals surface area contributed by atoms with E-state index in [1.54, 1.807) is 11.5 Å². The fourth-order valence-corrected chi connectivity index (χ4v) is 3.18. The smallest absolute Gasteiger partial charge is 0.332 e. The van der Waals surface area contributed by atoms with Gasteiger partial charge in [-0.05, 0) is 6.92 Å². The molecular formula is C18H22N6O4. The number of carbonyl (C=O) groups is 1. The molecule has 0 spiro atoms. The molecule has 0 amide bonds. The van der Waals surface area contributed by atoms with Crippen LogP contribution in [0.15, 0.2) is 21.7 Å². The summed E-state index contributed by atoms with van der Waals surface area (Å²) < 4.78 is 4.05. The van der Waals surface area contributed by atoms with Gasteiger partial charge in [-0.3, -0.25) is 18.5 Å². The van der Waals surface area contributed by atoms with E-state index in [2.05, 4.69) is 27.0 Å². The van der Waals surface area contributed by atoms with Gasteiger partial charge in [-0.25, -0.2) is 9.59 Å². The molecule has 10 heteroatoms. The van der Waals surface area contributed by atoms with Gasteiger partial charge >= 0.3 is 11.7 Å². The van der Waals surface area contributed by atoms with Crippen molar-refractivity contribution in [2.45, 2.75) is 20.0 Å². The number of nitrogens with zero attached hydrogens (tertiary/aromatic N) is 5. The molecule has 1 aliphatic rings. The van der Waals surface area contributed by atoms with Crippen LogP contribution in [0, 0.1) is 11.8 Å². The number of allylic oxidation sites excluding steroid dienone is 1. The average Bonchev–Trinajstić information content (AvgIpc) is 3.07. The predicted octanol–water partition coefficient (Wildman–Crippen LogP) is -1.03. The number of carboxylic acids is 1. The van der Waals surface area contributed by atoms with E-state index in [0.29, 0.717) is 19.0 Å². The van der Waals surface area contributed by atoms with Gasteiger partial charge in [0.1, 0.15) is 0 Å². The largest absolute Gasteiger partial charge is 0.478 e. The van der Waals surface area contributed by atoms with Crippen LogP contribution < -0.4 is 21.5 Å². The first kappa shape index (κ1) is 19.4. The Labute approximate surface area is 160 Å². The van der Waals surface area contributed by atoms with E-state index in [4.69, 9.17) is 5.11 Å². The van der Waals surface area contributed by atoms with Crippen molar-refractivity contribution >= 4 is 23.1 Å². The summed E-state index contributed by atoms with van der Waals surface area (Å²) in [5.41, 5.74) is -0.493. The lowest BCUT2D eigenvalue weighted by molar-refractivity contribution is -0.131. The van der Waals surface area contributed by atoms with Crippen molar-refractivity contribution < 1.29 is 9.90 Å². The van der Waals surface area contributed by atoms with Gasteiger partial charge in [0, 0.05) is 45.8 Å². The molecule has 0 bridgehead atoms. The van der Waals surface area contributed by atoms with Crippen molar-refractivity contribution in [1.82, 2.24) is 24.0 Å². The van der Waals surface area contributed by atoms with Crippen molar-refractivity contribution in [2.75, 3.05) is 31.1 Å². The van der Waals surface area contributed by atoms with Crippen LogP contribution in [0.1, 0.15) is 6.92 Å². The second kappa shape index (κ2) is 8.14. The Balaban J connectivity index is 2.27. The molecule has 0 radical (unpaired) electrons. The van der Waals surface area contributed by atoms with Gasteiger partial charge in [0.05, 0.1) is 6.54 Å². The van der Waals surface area contributed by atoms with E-state index < -0.39 is 17.2 Å². The van der Waals surface area contributed by atoms with Gasteiger partial charge in [0.25, 0.3) is 5.56 Å². The second-order valence-electron chi connectivity index (χ2n) is 6.33. The van der Waals surface area contributed by atoms with Crippen LogP contribution in [0.3, 0.4) is 0 Å². The minimum absolute atomic E-state index is 0.00673. The molecule has 10 nitrogen and oxygen atoms in total. The molecular weight excluding hydrogens is 364 g/mol. The molecule has 2 N–H and O–H groups in total. The third-order valence-corrected chi connectivity index (χ3v) is 4.57. The highest BCUT2D eigenvalue weighted by Gasteiger charge is 2.23. The van der Waals surface area contributed by atoms with E-state index in [9.17, 15) is 14.4 Å². The Morgan fingerprint density at radius 3 is 2.64 bits per heavy atom. The van der Waals surface area contributed by atoms with Gasteiger partial charge in [0.2, 0.25) is 5.95 Å². The molecule has 0 saturated carbocycles. The Hall–Kier alpha value is -3.32. The summed E-state index contributed by atoms with van der Waals surface area (Å²) in [7, 11) is 1.40. The van der Waals surface area contributed by atoms with E-state index >= 15 is 0 Å². The van der Waals surface area contributed by atoms with Crippen molar-refractivity contribution in [3.8, 4) is 11.8 Å². The molecule has 1 saturated heterocycles. The van der Waals surface area contributed by atoms with E-state index in [1.807, 2.05) is 0 Å². The number of piperazine rings is 1. The highest BCUT2D eigenvalue weighted by molar-refractivity contribution is 5.79. The quantitative estimate of drug-likeness (QED) is 0.499. The molecule has 0 unspecified atom stereocenters. The standard InChI is InChI=1S/C18H22N6O4/c1-3-4-9-23-14-15(20-17(23)22-11-7-19-8-12-22)24(10-5-6-13(25)26)18(28)21(2)16(14)27/h5-6,19H,7-12H2,1-2H3,(H,25,26)/b6-5+. The highest BCUT2D eigenvalue weighted by atomic mass is 16.4. The number of nitrogens with one attached hydrogen (secondary N) is 1. The van der Waals surface area contributed by atoms with Crippen molar-refractivity contribution in [1.29, 1.82) is 0 Å². The summed E-state index contributed by atoms with van der Waals surface area (Å²) in [5, 5.41) is 12.1. The van der Waals surface area contributed by atoms with Crippen LogP contribution in [-0.2, 0) is 24.9 Å². The summed E-state index contributed by atoms with van der Waals surface area (Å²) in [6.07, 6.45) is 2.31. The normalized spacial score (nSPS) is 14.4. The number of carboxylic acid groups (broad SMARTS) is 1. The van der Waals surface area contributed by atoms with E-state index in [-0.39, 0.29) is 24.3 Å². The van der Waals surface area contributed by atoms with Crippen molar-refractivity contribution in [3.05, 3.63) is 33.0 Å². The number of hydrogen-bond acceptors (Lipinski definition) is 6. The van der Waals surface area contributed by atoms with Crippen LogP contribution in [0.5, 0.6) is 0 Å². The first-order chi connectivity index (χ1) is 13.5. The zero-order chi connectivity index (χ0) is 20.3. The van der Waals surface area contributed by atoms with Crippen molar-refractivity contribution in [2.24, 2.45) is 7.05 Å². The molecule has 2 aromatic heterocycles. The SMILES string of the molecule is CC#CCn1c(N2CCNCC2)nc2c1c(=O)n(C)c(=O)n2C/C=C/C(=O)O. The molecule has 0 aromatic carbocycles. The van der Waals surface area contributed by atoms with Crippen LogP contribution in [0.25, 0.3) is 11.2 Å². The number of hydrogen-bond donors (Lipinski definition) is 2. The molecule has 1 fully saturated rings. The summed E-state index contributed by atoms with van der Waals surface area (Å²) in [4.78, 5) is 42.9. The Morgan fingerprint density at radius 1 is 1.29 bits per heavy atom. The Kier molecular flexibility index (Phi) is 5.65. The van der Waals surface area contributed by atoms with Crippen LogP contribution in [-0.4, -0.2) is 55.9 Å². The number of anilines is 1. The number of rotatable bonds is 5. The summed E-state index contributed by atoms with van der Waals surface area (Å²) in [6.45, 7) is 4.98. The van der Waals surface area contributed by atoms with Gasteiger partial charge in [0.15, 0.2) is 11.2 Å².